The molecular weight excluding hydrogens is 376 g/mol. The second kappa shape index (κ2) is 7.00. The van der Waals surface area contributed by atoms with E-state index in [0.29, 0.717) is 10.8 Å². The first-order valence-corrected chi connectivity index (χ1v) is 11.7. The Morgan fingerprint density at radius 1 is 1.11 bits per heavy atom. The molecule has 0 radical (unpaired) electrons. The first kappa shape index (κ1) is 18.6. The van der Waals surface area contributed by atoms with Gasteiger partial charge in [-0.2, -0.15) is 0 Å². The van der Waals surface area contributed by atoms with Gasteiger partial charge in [-0.25, -0.2) is 12.7 Å². The van der Waals surface area contributed by atoms with Gasteiger partial charge in [0, 0.05) is 30.6 Å². The highest BCUT2D eigenvalue weighted by Gasteiger charge is 2.38. The van der Waals surface area contributed by atoms with Crippen molar-refractivity contribution < 1.29 is 8.42 Å². The van der Waals surface area contributed by atoms with Crippen molar-refractivity contribution in [1.82, 2.24) is 4.31 Å². The maximum absolute atomic E-state index is 12.5. The zero-order valence-corrected chi connectivity index (χ0v) is 17.3. The topological polar surface area (TPSA) is 49.4 Å². The maximum Gasteiger partial charge on any atom is 0.242 e. The van der Waals surface area contributed by atoms with E-state index in [0.717, 1.165) is 17.7 Å². The Bertz CT molecular complexity index is 982. The minimum absolute atomic E-state index is 0.227. The van der Waals surface area contributed by atoms with E-state index in [1.165, 1.54) is 14.8 Å². The Hall–Kier alpha value is -1.76. The standard InChI is InChI=1S/C21H24N2O2S2/c1-23(2)27(24,25)16-11-12-20-19(13-16)17-5-4-6-18(17)21(22-20)14-7-9-15(26-3)10-8-14/h4-5,7-13,17-18,21-22H,6H2,1-3H3. The lowest BCUT2D eigenvalue weighted by molar-refractivity contribution is 0.425. The van der Waals surface area contributed by atoms with Gasteiger partial charge in [-0.15, -0.1) is 11.8 Å². The fourth-order valence-corrected chi connectivity index (χ4v) is 5.43. The van der Waals surface area contributed by atoms with Crippen molar-refractivity contribution in [3.8, 4) is 0 Å². The van der Waals surface area contributed by atoms with Gasteiger partial charge >= 0.3 is 0 Å². The van der Waals surface area contributed by atoms with Crippen LogP contribution < -0.4 is 5.32 Å². The lowest BCUT2D eigenvalue weighted by Crippen LogP contribution is -2.29. The summed E-state index contributed by atoms with van der Waals surface area (Å²) in [6, 6.07) is 14.4. The summed E-state index contributed by atoms with van der Waals surface area (Å²) in [6.45, 7) is 0. The van der Waals surface area contributed by atoms with E-state index in [4.69, 9.17) is 0 Å². The van der Waals surface area contributed by atoms with Gasteiger partial charge in [-0.1, -0.05) is 24.3 Å². The highest BCUT2D eigenvalue weighted by molar-refractivity contribution is 7.98. The number of hydrogen-bond donors (Lipinski definition) is 1. The van der Waals surface area contributed by atoms with E-state index in [2.05, 4.69) is 48.0 Å². The summed E-state index contributed by atoms with van der Waals surface area (Å²) in [4.78, 5) is 1.62. The predicted molar refractivity (Wildman–Crippen MR) is 112 cm³/mol. The summed E-state index contributed by atoms with van der Waals surface area (Å²) in [5.41, 5.74) is 3.38. The maximum atomic E-state index is 12.5. The number of benzene rings is 2. The van der Waals surface area contributed by atoms with Crippen molar-refractivity contribution in [3.05, 3.63) is 65.7 Å². The molecule has 1 aliphatic carbocycles. The quantitative estimate of drug-likeness (QED) is 0.607. The summed E-state index contributed by atoms with van der Waals surface area (Å²) in [7, 11) is -0.295. The Morgan fingerprint density at radius 3 is 2.52 bits per heavy atom. The summed E-state index contributed by atoms with van der Waals surface area (Å²) in [6.07, 6.45) is 7.54. The molecule has 0 saturated carbocycles. The number of nitrogens with zero attached hydrogens (tertiary/aromatic N) is 1. The van der Waals surface area contributed by atoms with E-state index >= 15 is 0 Å². The molecule has 0 aromatic heterocycles. The van der Waals surface area contributed by atoms with Gasteiger partial charge in [0.2, 0.25) is 10.0 Å². The van der Waals surface area contributed by atoms with E-state index in [1.54, 1.807) is 31.9 Å². The van der Waals surface area contributed by atoms with Gasteiger partial charge in [-0.05, 0) is 60.1 Å². The molecule has 1 heterocycles. The molecule has 2 aromatic carbocycles. The molecule has 27 heavy (non-hydrogen) atoms. The largest absolute Gasteiger partial charge is 0.378 e. The molecule has 4 rings (SSSR count). The van der Waals surface area contributed by atoms with Gasteiger partial charge < -0.3 is 5.32 Å². The Balaban J connectivity index is 1.74. The van der Waals surface area contributed by atoms with Crippen molar-refractivity contribution in [2.75, 3.05) is 25.7 Å². The smallest absolute Gasteiger partial charge is 0.242 e. The molecule has 2 aromatic rings. The average molecular weight is 401 g/mol. The molecule has 2 aliphatic rings. The minimum atomic E-state index is -3.43. The number of rotatable bonds is 4. The minimum Gasteiger partial charge on any atom is -0.378 e. The predicted octanol–water partition coefficient (Wildman–Crippen LogP) is 4.49. The van der Waals surface area contributed by atoms with Gasteiger partial charge in [0.25, 0.3) is 0 Å². The van der Waals surface area contributed by atoms with Crippen LogP contribution in [0.25, 0.3) is 0 Å². The molecule has 1 N–H and O–H groups in total. The number of hydrogen-bond acceptors (Lipinski definition) is 4. The van der Waals surface area contributed by atoms with Crippen LogP contribution >= 0.6 is 11.8 Å². The molecule has 0 bridgehead atoms. The zero-order chi connectivity index (χ0) is 19.2. The number of nitrogens with one attached hydrogen (secondary N) is 1. The van der Waals surface area contributed by atoms with Crippen LogP contribution in [-0.2, 0) is 10.0 Å². The van der Waals surface area contributed by atoms with Crippen molar-refractivity contribution >= 4 is 27.5 Å². The third kappa shape index (κ3) is 3.20. The van der Waals surface area contributed by atoms with Crippen LogP contribution in [0, 0.1) is 5.92 Å². The number of thioether (sulfide) groups is 1. The summed E-state index contributed by atoms with van der Waals surface area (Å²) < 4.78 is 26.4. The van der Waals surface area contributed by atoms with Crippen molar-refractivity contribution in [2.45, 2.75) is 28.2 Å². The first-order valence-electron chi connectivity index (χ1n) is 9.05. The molecule has 142 valence electrons. The fraction of sp³-hybridized carbons (Fsp3) is 0.333. The fourth-order valence-electron chi connectivity index (χ4n) is 4.09. The average Bonchev–Trinajstić information content (AvgIpc) is 3.17. The number of allylic oxidation sites excluding steroid dienone is 2. The molecular formula is C21H24N2O2S2. The van der Waals surface area contributed by atoms with E-state index in [1.807, 2.05) is 12.1 Å². The van der Waals surface area contributed by atoms with Crippen molar-refractivity contribution in [3.63, 3.8) is 0 Å². The molecule has 0 amide bonds. The number of fused-ring (bicyclic) bond motifs is 3. The van der Waals surface area contributed by atoms with Gasteiger partial charge in [-0.3, -0.25) is 0 Å². The Labute approximate surface area is 165 Å². The monoisotopic (exact) mass is 400 g/mol. The number of anilines is 1. The highest BCUT2D eigenvalue weighted by Crippen LogP contribution is 2.50. The Kier molecular flexibility index (Phi) is 4.82. The third-order valence-electron chi connectivity index (χ3n) is 5.59. The van der Waals surface area contributed by atoms with Crippen LogP contribution in [0.15, 0.2) is 64.4 Å². The van der Waals surface area contributed by atoms with Crippen LogP contribution in [0.1, 0.15) is 29.5 Å². The molecule has 3 unspecified atom stereocenters. The van der Waals surface area contributed by atoms with Gasteiger partial charge in [0.05, 0.1) is 10.9 Å². The van der Waals surface area contributed by atoms with Crippen LogP contribution in [0.2, 0.25) is 0 Å². The molecule has 3 atom stereocenters. The Morgan fingerprint density at radius 2 is 1.85 bits per heavy atom. The molecule has 4 nitrogen and oxygen atoms in total. The lowest BCUT2D eigenvalue weighted by atomic mass is 9.77. The van der Waals surface area contributed by atoms with Crippen LogP contribution in [0.3, 0.4) is 0 Å². The van der Waals surface area contributed by atoms with E-state index in [9.17, 15) is 8.42 Å². The highest BCUT2D eigenvalue weighted by atomic mass is 32.2. The molecule has 6 heteroatoms. The van der Waals surface area contributed by atoms with E-state index < -0.39 is 10.0 Å². The zero-order valence-electron chi connectivity index (χ0n) is 15.7. The van der Waals surface area contributed by atoms with E-state index in [-0.39, 0.29) is 12.0 Å². The normalized spacial score (nSPS) is 23.8. The first-order chi connectivity index (χ1) is 12.9. The summed E-state index contributed by atoms with van der Waals surface area (Å²) >= 11 is 1.74. The molecule has 0 spiro atoms. The van der Waals surface area contributed by atoms with Crippen LogP contribution in [-0.4, -0.2) is 33.1 Å². The number of sulfonamides is 1. The molecule has 0 fully saturated rings. The van der Waals surface area contributed by atoms with Crippen molar-refractivity contribution in [2.24, 2.45) is 5.92 Å². The van der Waals surface area contributed by atoms with Crippen molar-refractivity contribution in [1.29, 1.82) is 0 Å². The SMILES string of the molecule is CSc1ccc(C2Nc3ccc(S(=O)(=O)N(C)C)cc3C3C=CCC32)cc1. The molecule has 1 aliphatic heterocycles. The van der Waals surface area contributed by atoms with Crippen LogP contribution in [0.5, 0.6) is 0 Å². The summed E-state index contributed by atoms with van der Waals surface area (Å²) in [5, 5.41) is 3.67. The molecule has 0 saturated heterocycles. The third-order valence-corrected chi connectivity index (χ3v) is 8.14. The van der Waals surface area contributed by atoms with Gasteiger partial charge in [0.1, 0.15) is 0 Å². The van der Waals surface area contributed by atoms with Crippen LogP contribution in [0.4, 0.5) is 5.69 Å². The van der Waals surface area contributed by atoms with Gasteiger partial charge in [0.15, 0.2) is 0 Å². The summed E-state index contributed by atoms with van der Waals surface area (Å²) in [5.74, 6) is 0.638. The second-order valence-electron chi connectivity index (χ2n) is 7.29. The second-order valence-corrected chi connectivity index (χ2v) is 10.3. The lowest BCUT2D eigenvalue weighted by Gasteiger charge is -2.37.